The molecule has 2 nitrogen and oxygen atoms in total. The van der Waals surface area contributed by atoms with Crippen LogP contribution in [0.25, 0.3) is 0 Å². The van der Waals surface area contributed by atoms with Crippen LogP contribution in [0, 0.1) is 6.92 Å². The maximum Gasteiger partial charge on any atom is 0.123 e. The molecular weight excluding hydrogens is 210 g/mol. The largest absolute Gasteiger partial charge is 0.486 e. The first-order valence-electron chi connectivity index (χ1n) is 6.36. The van der Waals surface area contributed by atoms with Crippen LogP contribution in [-0.4, -0.2) is 6.10 Å². The fourth-order valence-corrected chi connectivity index (χ4v) is 2.13. The van der Waals surface area contributed by atoms with Crippen molar-refractivity contribution >= 4 is 0 Å². The van der Waals surface area contributed by atoms with E-state index < -0.39 is 0 Å². The van der Waals surface area contributed by atoms with Gasteiger partial charge in [0.25, 0.3) is 0 Å². The van der Waals surface area contributed by atoms with Crippen molar-refractivity contribution in [2.24, 2.45) is 5.73 Å². The number of ether oxygens (including phenoxy) is 1. The number of allylic oxidation sites excluding steroid dienone is 1. The number of nitrogens with two attached hydrogens (primary N) is 1. The molecule has 1 aliphatic carbocycles. The van der Waals surface area contributed by atoms with Gasteiger partial charge in [0.2, 0.25) is 0 Å². The van der Waals surface area contributed by atoms with Gasteiger partial charge in [-0.25, -0.2) is 0 Å². The van der Waals surface area contributed by atoms with Crippen LogP contribution in [0.15, 0.2) is 30.4 Å². The van der Waals surface area contributed by atoms with Crippen LogP contribution in [0.1, 0.15) is 43.4 Å². The van der Waals surface area contributed by atoms with E-state index >= 15 is 0 Å². The van der Waals surface area contributed by atoms with Gasteiger partial charge in [-0.05, 0) is 56.4 Å². The Bertz CT molecular complexity index is 409. The van der Waals surface area contributed by atoms with Gasteiger partial charge in [0.1, 0.15) is 11.9 Å². The Balaban J connectivity index is 2.10. The second kappa shape index (κ2) is 5.37. The first kappa shape index (κ1) is 12.2. The number of benzene rings is 1. The molecular formula is C15H21NO. The van der Waals surface area contributed by atoms with Crippen molar-refractivity contribution in [3.8, 4) is 5.75 Å². The molecule has 2 atom stereocenters. The number of rotatable bonds is 3. The maximum absolute atomic E-state index is 5.99. The molecule has 1 unspecified atom stereocenters. The molecule has 0 heterocycles. The molecule has 1 aromatic rings. The van der Waals surface area contributed by atoms with E-state index in [0.29, 0.717) is 0 Å². The van der Waals surface area contributed by atoms with Crippen molar-refractivity contribution in [2.75, 3.05) is 0 Å². The third-order valence-corrected chi connectivity index (χ3v) is 3.21. The summed E-state index contributed by atoms with van der Waals surface area (Å²) in [7, 11) is 0. The van der Waals surface area contributed by atoms with Crippen molar-refractivity contribution in [2.45, 2.75) is 45.3 Å². The summed E-state index contributed by atoms with van der Waals surface area (Å²) < 4.78 is 5.99. The lowest BCUT2D eigenvalue weighted by Gasteiger charge is -2.20. The standard InChI is InChI=1S/C15H21NO/c1-11-10-13(12(2)16)8-9-15(11)17-14-6-4-3-5-7-14/h4,6,8-10,12,14H,3,5,7,16H2,1-2H3/t12-,14?/m0/s1. The van der Waals surface area contributed by atoms with Gasteiger partial charge >= 0.3 is 0 Å². The van der Waals surface area contributed by atoms with E-state index in [1.165, 1.54) is 18.4 Å². The molecule has 2 N–H and O–H groups in total. The van der Waals surface area contributed by atoms with Gasteiger partial charge in [-0.2, -0.15) is 0 Å². The molecule has 2 heteroatoms. The number of hydrogen-bond donors (Lipinski definition) is 1. The lowest BCUT2D eigenvalue weighted by atomic mass is 10.0. The van der Waals surface area contributed by atoms with E-state index in [-0.39, 0.29) is 12.1 Å². The van der Waals surface area contributed by atoms with Gasteiger partial charge in [-0.15, -0.1) is 0 Å². The molecule has 0 aliphatic heterocycles. The van der Waals surface area contributed by atoms with Crippen LogP contribution in [-0.2, 0) is 0 Å². The molecule has 0 bridgehead atoms. The Morgan fingerprint density at radius 3 is 2.82 bits per heavy atom. The summed E-state index contributed by atoms with van der Waals surface area (Å²) in [6.07, 6.45) is 8.14. The van der Waals surface area contributed by atoms with Gasteiger partial charge in [-0.3, -0.25) is 0 Å². The molecule has 0 saturated heterocycles. The molecule has 0 fully saturated rings. The molecule has 92 valence electrons. The molecule has 17 heavy (non-hydrogen) atoms. The minimum Gasteiger partial charge on any atom is -0.486 e. The topological polar surface area (TPSA) is 35.2 Å². The van der Waals surface area contributed by atoms with Gasteiger partial charge in [-0.1, -0.05) is 18.2 Å². The second-order valence-corrected chi connectivity index (χ2v) is 4.83. The second-order valence-electron chi connectivity index (χ2n) is 4.83. The molecule has 1 aromatic carbocycles. The SMILES string of the molecule is Cc1cc([C@H](C)N)ccc1OC1C=CCCC1. The number of aryl methyl sites for hydroxylation is 1. The lowest BCUT2D eigenvalue weighted by Crippen LogP contribution is -2.16. The zero-order valence-electron chi connectivity index (χ0n) is 10.6. The number of hydrogen-bond acceptors (Lipinski definition) is 2. The fraction of sp³-hybridized carbons (Fsp3) is 0.467. The molecule has 2 rings (SSSR count). The highest BCUT2D eigenvalue weighted by Crippen LogP contribution is 2.25. The summed E-state index contributed by atoms with van der Waals surface area (Å²) in [5.74, 6) is 0.978. The maximum atomic E-state index is 5.99. The Hall–Kier alpha value is -1.28. The van der Waals surface area contributed by atoms with Crippen LogP contribution in [0.3, 0.4) is 0 Å². The summed E-state index contributed by atoms with van der Waals surface area (Å²) in [4.78, 5) is 0. The Labute approximate surface area is 103 Å². The molecule has 0 amide bonds. The van der Waals surface area contributed by atoms with Crippen molar-refractivity contribution in [1.29, 1.82) is 0 Å². The Kier molecular flexibility index (Phi) is 3.85. The zero-order chi connectivity index (χ0) is 12.3. The van der Waals surface area contributed by atoms with E-state index in [4.69, 9.17) is 10.5 Å². The van der Waals surface area contributed by atoms with Crippen LogP contribution >= 0.6 is 0 Å². The fourth-order valence-electron chi connectivity index (χ4n) is 2.13. The van der Waals surface area contributed by atoms with Crippen molar-refractivity contribution in [3.05, 3.63) is 41.5 Å². The van der Waals surface area contributed by atoms with E-state index in [1.807, 2.05) is 13.0 Å². The lowest BCUT2D eigenvalue weighted by molar-refractivity contribution is 0.228. The van der Waals surface area contributed by atoms with E-state index in [2.05, 4.69) is 31.2 Å². The van der Waals surface area contributed by atoms with E-state index in [0.717, 1.165) is 17.7 Å². The predicted octanol–water partition coefficient (Wildman–Crippen LogP) is 3.50. The zero-order valence-corrected chi connectivity index (χ0v) is 10.6. The summed E-state index contributed by atoms with van der Waals surface area (Å²) >= 11 is 0. The average Bonchev–Trinajstić information content (AvgIpc) is 2.33. The first-order chi connectivity index (χ1) is 8.16. The van der Waals surface area contributed by atoms with Crippen molar-refractivity contribution in [1.82, 2.24) is 0 Å². The van der Waals surface area contributed by atoms with Crippen LogP contribution in [0.4, 0.5) is 0 Å². The Morgan fingerprint density at radius 1 is 1.41 bits per heavy atom. The van der Waals surface area contributed by atoms with E-state index in [1.54, 1.807) is 0 Å². The first-order valence-corrected chi connectivity index (χ1v) is 6.36. The third kappa shape index (κ3) is 3.10. The summed E-state index contributed by atoms with van der Waals surface area (Å²) in [6, 6.07) is 6.29. The molecule has 0 saturated carbocycles. The van der Waals surface area contributed by atoms with Crippen LogP contribution in [0.2, 0.25) is 0 Å². The molecule has 0 aromatic heterocycles. The van der Waals surface area contributed by atoms with Crippen LogP contribution in [0.5, 0.6) is 5.75 Å². The van der Waals surface area contributed by atoms with E-state index in [9.17, 15) is 0 Å². The minimum atomic E-state index is 0.0809. The van der Waals surface area contributed by atoms with Crippen molar-refractivity contribution in [3.63, 3.8) is 0 Å². The van der Waals surface area contributed by atoms with Gasteiger partial charge in [0.15, 0.2) is 0 Å². The van der Waals surface area contributed by atoms with Gasteiger partial charge in [0.05, 0.1) is 0 Å². The molecule has 0 spiro atoms. The third-order valence-electron chi connectivity index (χ3n) is 3.21. The highest BCUT2D eigenvalue weighted by molar-refractivity contribution is 5.37. The smallest absolute Gasteiger partial charge is 0.123 e. The summed E-state index contributed by atoms with van der Waals surface area (Å²) in [6.45, 7) is 4.08. The highest BCUT2D eigenvalue weighted by atomic mass is 16.5. The predicted molar refractivity (Wildman–Crippen MR) is 71.2 cm³/mol. The summed E-state index contributed by atoms with van der Waals surface area (Å²) in [5, 5.41) is 0. The van der Waals surface area contributed by atoms with Gasteiger partial charge in [0, 0.05) is 6.04 Å². The Morgan fingerprint density at radius 2 is 2.24 bits per heavy atom. The minimum absolute atomic E-state index is 0.0809. The highest BCUT2D eigenvalue weighted by Gasteiger charge is 2.11. The van der Waals surface area contributed by atoms with Crippen molar-refractivity contribution < 1.29 is 4.74 Å². The quantitative estimate of drug-likeness (QED) is 0.808. The normalized spacial score (nSPS) is 21.2. The van der Waals surface area contributed by atoms with Crippen LogP contribution < -0.4 is 10.5 Å². The molecule has 0 radical (unpaired) electrons. The monoisotopic (exact) mass is 231 g/mol. The van der Waals surface area contributed by atoms with Gasteiger partial charge < -0.3 is 10.5 Å². The summed E-state index contributed by atoms with van der Waals surface area (Å²) in [5.41, 5.74) is 8.19. The average molecular weight is 231 g/mol. The molecule has 1 aliphatic rings.